The summed E-state index contributed by atoms with van der Waals surface area (Å²) in [4.78, 5) is 17.1. The Balaban J connectivity index is 1.41. The van der Waals surface area contributed by atoms with Crippen LogP contribution in [0.2, 0.25) is 0 Å². The molecule has 8 nitrogen and oxygen atoms in total. The average Bonchev–Trinajstić information content (AvgIpc) is 3.39. The Labute approximate surface area is 180 Å². The second-order valence-corrected chi connectivity index (χ2v) is 7.14. The fraction of sp³-hybridized carbons (Fsp3) is 0.261. The van der Waals surface area contributed by atoms with E-state index in [1.165, 1.54) is 0 Å². The van der Waals surface area contributed by atoms with Gasteiger partial charge in [-0.3, -0.25) is 9.48 Å². The van der Waals surface area contributed by atoms with Crippen molar-refractivity contribution in [3.8, 4) is 22.8 Å². The van der Waals surface area contributed by atoms with Crippen LogP contribution in [0.25, 0.3) is 22.3 Å². The van der Waals surface area contributed by atoms with Crippen LogP contribution in [0.1, 0.15) is 16.9 Å². The van der Waals surface area contributed by atoms with Gasteiger partial charge in [-0.25, -0.2) is 4.98 Å². The van der Waals surface area contributed by atoms with Gasteiger partial charge < -0.3 is 19.4 Å². The molecule has 1 aromatic carbocycles. The second-order valence-electron chi connectivity index (χ2n) is 7.14. The van der Waals surface area contributed by atoms with Crippen LogP contribution in [0, 0.1) is 0 Å². The summed E-state index contributed by atoms with van der Waals surface area (Å²) in [5, 5.41) is 8.59. The number of ether oxygens (including phenoxy) is 2. The molecule has 0 fully saturated rings. The van der Waals surface area contributed by atoms with Gasteiger partial charge in [0, 0.05) is 43.5 Å². The Morgan fingerprint density at radius 1 is 1.13 bits per heavy atom. The molecule has 31 heavy (non-hydrogen) atoms. The molecular formula is C23H25N5O3. The van der Waals surface area contributed by atoms with E-state index in [9.17, 15) is 4.79 Å². The van der Waals surface area contributed by atoms with Gasteiger partial charge in [-0.2, -0.15) is 5.10 Å². The number of nitrogens with zero attached hydrogens (tertiary/aromatic N) is 4. The molecule has 0 saturated carbocycles. The van der Waals surface area contributed by atoms with Crippen LogP contribution in [0.3, 0.4) is 0 Å². The molecule has 0 spiro atoms. The highest BCUT2D eigenvalue weighted by Gasteiger charge is 2.17. The molecule has 4 aromatic rings. The number of nitrogens with one attached hydrogen (secondary N) is 1. The van der Waals surface area contributed by atoms with Gasteiger partial charge in [0.1, 0.15) is 22.8 Å². The summed E-state index contributed by atoms with van der Waals surface area (Å²) in [5.74, 6) is 1.19. The van der Waals surface area contributed by atoms with Crippen molar-refractivity contribution >= 4 is 16.9 Å². The van der Waals surface area contributed by atoms with Crippen molar-refractivity contribution in [2.24, 2.45) is 7.05 Å². The molecule has 0 aliphatic rings. The normalized spacial score (nSPS) is 10.9. The van der Waals surface area contributed by atoms with Crippen molar-refractivity contribution in [1.82, 2.24) is 24.6 Å². The molecular weight excluding hydrogens is 394 g/mol. The smallest absolute Gasteiger partial charge is 0.269 e. The SMILES string of the molecule is COc1ccc(OC)c(-c2cc(C(=O)NCCCn3ccc4cccnc43)n(C)n2)c1. The zero-order chi connectivity index (χ0) is 21.8. The summed E-state index contributed by atoms with van der Waals surface area (Å²) in [7, 11) is 4.96. The number of carbonyl (C=O) groups is 1. The molecule has 0 atom stereocenters. The molecule has 0 radical (unpaired) electrons. The van der Waals surface area contributed by atoms with Crippen molar-refractivity contribution in [3.05, 3.63) is 60.6 Å². The molecule has 160 valence electrons. The van der Waals surface area contributed by atoms with Gasteiger partial charge >= 0.3 is 0 Å². The molecule has 0 bridgehead atoms. The Kier molecular flexibility index (Phi) is 5.88. The van der Waals surface area contributed by atoms with Gasteiger partial charge in [0.15, 0.2) is 0 Å². The van der Waals surface area contributed by atoms with E-state index in [-0.39, 0.29) is 5.91 Å². The molecule has 0 aliphatic heterocycles. The highest BCUT2D eigenvalue weighted by Crippen LogP contribution is 2.32. The summed E-state index contributed by atoms with van der Waals surface area (Å²) in [6.45, 7) is 1.33. The predicted octanol–water partition coefficient (Wildman–Crippen LogP) is 3.27. The van der Waals surface area contributed by atoms with E-state index in [1.54, 1.807) is 38.2 Å². The molecule has 8 heteroatoms. The minimum Gasteiger partial charge on any atom is -0.497 e. The van der Waals surface area contributed by atoms with E-state index in [4.69, 9.17) is 9.47 Å². The number of fused-ring (bicyclic) bond motifs is 1. The zero-order valence-corrected chi connectivity index (χ0v) is 17.8. The van der Waals surface area contributed by atoms with Crippen LogP contribution in [0.4, 0.5) is 0 Å². The first-order valence-corrected chi connectivity index (χ1v) is 10.0. The number of rotatable bonds is 8. The number of hydrogen-bond donors (Lipinski definition) is 1. The van der Waals surface area contributed by atoms with Gasteiger partial charge in [0.25, 0.3) is 5.91 Å². The lowest BCUT2D eigenvalue weighted by Gasteiger charge is -2.08. The number of hydrogen-bond acceptors (Lipinski definition) is 5. The number of benzene rings is 1. The van der Waals surface area contributed by atoms with E-state index in [0.29, 0.717) is 29.4 Å². The number of aromatic nitrogens is 4. The maximum absolute atomic E-state index is 12.7. The lowest BCUT2D eigenvalue weighted by atomic mass is 10.1. The van der Waals surface area contributed by atoms with Crippen LogP contribution in [-0.4, -0.2) is 46.0 Å². The van der Waals surface area contributed by atoms with E-state index in [0.717, 1.165) is 29.6 Å². The summed E-state index contributed by atoms with van der Waals surface area (Å²) >= 11 is 0. The van der Waals surface area contributed by atoms with Crippen LogP contribution < -0.4 is 14.8 Å². The maximum Gasteiger partial charge on any atom is 0.269 e. The average molecular weight is 419 g/mol. The highest BCUT2D eigenvalue weighted by molar-refractivity contribution is 5.94. The maximum atomic E-state index is 12.7. The molecule has 1 amide bonds. The number of pyridine rings is 1. The summed E-state index contributed by atoms with van der Waals surface area (Å²) in [6, 6.07) is 13.3. The van der Waals surface area contributed by atoms with E-state index in [1.807, 2.05) is 42.6 Å². The fourth-order valence-corrected chi connectivity index (χ4v) is 3.57. The largest absolute Gasteiger partial charge is 0.497 e. The first kappa shape index (κ1) is 20.5. The van der Waals surface area contributed by atoms with Crippen LogP contribution in [0.5, 0.6) is 11.5 Å². The number of carbonyl (C=O) groups excluding carboxylic acids is 1. The van der Waals surface area contributed by atoms with Crippen LogP contribution in [-0.2, 0) is 13.6 Å². The van der Waals surface area contributed by atoms with Gasteiger partial charge in [-0.1, -0.05) is 0 Å². The monoisotopic (exact) mass is 419 g/mol. The van der Waals surface area contributed by atoms with Crippen LogP contribution in [0.15, 0.2) is 54.9 Å². The molecule has 0 unspecified atom stereocenters. The lowest BCUT2D eigenvalue weighted by Crippen LogP contribution is -2.27. The summed E-state index contributed by atoms with van der Waals surface area (Å²) in [6.07, 6.45) is 4.60. The molecule has 3 heterocycles. The van der Waals surface area contributed by atoms with Crippen molar-refractivity contribution in [3.63, 3.8) is 0 Å². The number of methoxy groups -OCH3 is 2. The van der Waals surface area contributed by atoms with Crippen molar-refractivity contribution in [2.75, 3.05) is 20.8 Å². The number of aryl methyl sites for hydroxylation is 2. The quantitative estimate of drug-likeness (QED) is 0.443. The molecule has 3 aromatic heterocycles. The van der Waals surface area contributed by atoms with Gasteiger partial charge in [-0.15, -0.1) is 0 Å². The Bertz CT molecular complexity index is 1210. The van der Waals surface area contributed by atoms with Crippen LogP contribution >= 0.6 is 0 Å². The first-order valence-electron chi connectivity index (χ1n) is 10.0. The van der Waals surface area contributed by atoms with Crippen molar-refractivity contribution < 1.29 is 14.3 Å². The van der Waals surface area contributed by atoms with Crippen molar-refractivity contribution in [2.45, 2.75) is 13.0 Å². The standard InChI is InChI=1S/C23H25N5O3/c1-27-20(15-19(26-27)18-14-17(30-2)7-8-21(18)31-3)23(29)25-11-5-12-28-13-9-16-6-4-10-24-22(16)28/h4,6-10,13-15H,5,11-12H2,1-3H3,(H,25,29). The summed E-state index contributed by atoms with van der Waals surface area (Å²) < 4.78 is 14.4. The third-order valence-electron chi connectivity index (χ3n) is 5.18. The highest BCUT2D eigenvalue weighted by atomic mass is 16.5. The number of amides is 1. The third kappa shape index (κ3) is 4.23. The van der Waals surface area contributed by atoms with E-state index in [2.05, 4.69) is 20.0 Å². The van der Waals surface area contributed by atoms with E-state index >= 15 is 0 Å². The molecule has 0 aliphatic carbocycles. The first-order chi connectivity index (χ1) is 15.1. The zero-order valence-electron chi connectivity index (χ0n) is 17.8. The topological polar surface area (TPSA) is 83.2 Å². The van der Waals surface area contributed by atoms with Gasteiger partial charge in [0.2, 0.25) is 0 Å². The second kappa shape index (κ2) is 8.91. The predicted molar refractivity (Wildman–Crippen MR) is 118 cm³/mol. The third-order valence-corrected chi connectivity index (χ3v) is 5.18. The Hall–Kier alpha value is -3.81. The molecule has 1 N–H and O–H groups in total. The van der Waals surface area contributed by atoms with E-state index < -0.39 is 0 Å². The van der Waals surface area contributed by atoms with Gasteiger partial charge in [0.05, 0.1) is 19.9 Å². The lowest BCUT2D eigenvalue weighted by molar-refractivity contribution is 0.0943. The Morgan fingerprint density at radius 2 is 2.00 bits per heavy atom. The van der Waals surface area contributed by atoms with Crippen molar-refractivity contribution in [1.29, 1.82) is 0 Å². The minimum atomic E-state index is -0.168. The fourth-order valence-electron chi connectivity index (χ4n) is 3.57. The molecule has 4 rings (SSSR count). The molecule has 0 saturated heterocycles. The minimum absolute atomic E-state index is 0.168. The van der Waals surface area contributed by atoms with Gasteiger partial charge in [-0.05, 0) is 48.9 Å². The summed E-state index contributed by atoms with van der Waals surface area (Å²) in [5.41, 5.74) is 2.85. The Morgan fingerprint density at radius 3 is 2.81 bits per heavy atom.